The van der Waals surface area contributed by atoms with Crippen molar-refractivity contribution in [2.75, 3.05) is 10.6 Å². The lowest BCUT2D eigenvalue weighted by atomic mass is 10.3. The Morgan fingerprint density at radius 1 is 1.00 bits per heavy atom. The summed E-state index contributed by atoms with van der Waals surface area (Å²) < 4.78 is 146. The number of anilines is 2. The maximum Gasteiger partial charge on any atom is 0.408 e. The number of nitrogens with one attached hydrogen (secondary N) is 2. The minimum Gasteiger partial charge on any atom is -0.343 e. The van der Waals surface area contributed by atoms with Crippen LogP contribution in [0.15, 0.2) is 18.2 Å². The third-order valence-corrected chi connectivity index (χ3v) is 2.77. The number of rotatable bonds is 5. The van der Waals surface area contributed by atoms with Crippen LogP contribution in [0.25, 0.3) is 11.5 Å². The maximum atomic E-state index is 13.5. The highest BCUT2D eigenvalue weighted by atomic mass is 35.5. The van der Waals surface area contributed by atoms with E-state index in [1.807, 2.05) is 0 Å². The molecule has 2 aromatic rings. The molecule has 0 aliphatic carbocycles. The van der Waals surface area contributed by atoms with E-state index in [9.17, 15) is 26.3 Å². The van der Waals surface area contributed by atoms with E-state index in [2.05, 4.69) is 19.9 Å². The van der Waals surface area contributed by atoms with Crippen LogP contribution in [0.2, 0.25) is 5.15 Å². The first-order chi connectivity index (χ1) is 16.0. The number of hydrogen-bond donors (Lipinski definition) is 2. The minimum absolute atomic E-state index is 0.486. The summed E-state index contributed by atoms with van der Waals surface area (Å²) in [6, 6.07) is -8.22. The predicted octanol–water partition coefficient (Wildman–Crippen LogP) is 4.31. The molecule has 2 heterocycles. The average Bonchev–Trinajstić information content (AvgIpc) is 2.65. The molecule has 6 nitrogen and oxygen atoms in total. The molecule has 2 atom stereocenters. The van der Waals surface area contributed by atoms with Crippen molar-refractivity contribution < 1.29 is 38.7 Å². The van der Waals surface area contributed by atoms with Crippen LogP contribution >= 0.6 is 11.6 Å². The number of nitrogens with zero attached hydrogens (tertiary/aromatic N) is 4. The highest BCUT2D eigenvalue weighted by molar-refractivity contribution is 6.29. The van der Waals surface area contributed by atoms with Crippen LogP contribution in [-0.2, 0) is 0 Å². The molecule has 0 fully saturated rings. The van der Waals surface area contributed by atoms with E-state index in [0.717, 1.165) is 6.07 Å². The van der Waals surface area contributed by atoms with E-state index in [1.165, 1.54) is 10.6 Å². The Bertz CT molecular complexity index is 1100. The number of aromatic nitrogens is 4. The van der Waals surface area contributed by atoms with Gasteiger partial charge in [-0.25, -0.2) is 4.98 Å². The molecule has 0 bridgehead atoms. The predicted molar refractivity (Wildman–Crippen MR) is 86.3 cm³/mol. The molecular weight excluding hydrogens is 402 g/mol. The van der Waals surface area contributed by atoms with Crippen molar-refractivity contribution >= 4 is 23.5 Å². The summed E-state index contributed by atoms with van der Waals surface area (Å²) in [6.45, 7) is -7.88. The summed E-state index contributed by atoms with van der Waals surface area (Å²) >= 11 is 5.68. The van der Waals surface area contributed by atoms with Gasteiger partial charge >= 0.3 is 12.4 Å². The molecule has 2 N–H and O–H groups in total. The van der Waals surface area contributed by atoms with Crippen LogP contribution in [-0.4, -0.2) is 44.3 Å². The zero-order chi connectivity index (χ0) is 28.1. The number of pyridine rings is 1. The Balaban J connectivity index is 2.78. The van der Waals surface area contributed by atoms with Gasteiger partial charge in [0.1, 0.15) is 22.9 Å². The van der Waals surface area contributed by atoms with Gasteiger partial charge in [-0.1, -0.05) is 17.7 Å². The van der Waals surface area contributed by atoms with E-state index in [4.69, 9.17) is 23.9 Å². The molecule has 2 rings (SSSR count). The summed E-state index contributed by atoms with van der Waals surface area (Å²) in [5, 5.41) is 1.99. The minimum atomic E-state index is -5.80. The fourth-order valence-electron chi connectivity index (χ4n) is 1.44. The van der Waals surface area contributed by atoms with Gasteiger partial charge in [-0.3, -0.25) is 0 Å². The van der Waals surface area contributed by atoms with Crippen molar-refractivity contribution in [1.82, 2.24) is 19.9 Å². The highest BCUT2D eigenvalue weighted by Gasteiger charge is 2.38. The first kappa shape index (κ1) is 11.5. The van der Waals surface area contributed by atoms with Gasteiger partial charge < -0.3 is 10.6 Å². The molecular formula is C14H13ClF6N6. The van der Waals surface area contributed by atoms with Crippen molar-refractivity contribution in [3.63, 3.8) is 0 Å². The van der Waals surface area contributed by atoms with Crippen molar-refractivity contribution in [2.45, 2.75) is 38.1 Å². The molecule has 2 aromatic heterocycles. The van der Waals surface area contributed by atoms with Crippen molar-refractivity contribution in [3.8, 4) is 11.5 Å². The molecule has 27 heavy (non-hydrogen) atoms. The monoisotopic (exact) mass is 423 g/mol. The van der Waals surface area contributed by atoms with E-state index in [-0.39, 0.29) is 0 Å². The van der Waals surface area contributed by atoms with Gasteiger partial charge in [-0.15, -0.1) is 0 Å². The summed E-state index contributed by atoms with van der Waals surface area (Å²) in [6.07, 6.45) is -11.3. The number of halogens is 7. The third-order valence-electron chi connectivity index (χ3n) is 2.58. The number of hydrogen-bond acceptors (Lipinski definition) is 6. The molecule has 0 aromatic carbocycles. The van der Waals surface area contributed by atoms with E-state index in [0.29, 0.717) is 0 Å². The summed E-state index contributed by atoms with van der Waals surface area (Å²) in [5.74, 6) is -3.70. The SMILES string of the molecule is [2H]c1cc([2H])c(-c2nc(NC(C([2H])([2H])[2H])C(F)(F)F)nc(NC([2H])(C([2H])([2H])[2H])C(F)(F)F)n2)nc1Cl. The van der Waals surface area contributed by atoms with Gasteiger partial charge in [-0.05, 0) is 25.8 Å². The Morgan fingerprint density at radius 3 is 2.22 bits per heavy atom. The van der Waals surface area contributed by atoms with Crippen molar-refractivity contribution in [2.24, 2.45) is 0 Å². The fraction of sp³-hybridized carbons (Fsp3) is 0.429. The second-order valence-electron chi connectivity index (χ2n) is 4.61. The smallest absolute Gasteiger partial charge is 0.343 e. The lowest BCUT2D eigenvalue weighted by molar-refractivity contribution is -0.139. The summed E-state index contributed by atoms with van der Waals surface area (Å²) in [5.41, 5.74) is -0.696. The second kappa shape index (κ2) is 7.71. The molecule has 0 aliphatic rings. The molecule has 0 amide bonds. The number of alkyl halides is 6. The van der Waals surface area contributed by atoms with Crippen LogP contribution in [0.1, 0.15) is 26.0 Å². The Kier molecular flexibility index (Phi) is 3.27. The van der Waals surface area contributed by atoms with Crippen LogP contribution in [0.4, 0.5) is 38.2 Å². The Labute approximate surface area is 167 Å². The summed E-state index contributed by atoms with van der Waals surface area (Å²) in [7, 11) is 0. The zero-order valence-electron chi connectivity index (χ0n) is 21.6. The molecule has 0 aliphatic heterocycles. The van der Waals surface area contributed by atoms with Crippen LogP contribution in [0.5, 0.6) is 0 Å². The van der Waals surface area contributed by atoms with Gasteiger partial charge in [0.15, 0.2) is 5.82 Å². The van der Waals surface area contributed by atoms with Gasteiger partial charge in [-0.2, -0.15) is 41.3 Å². The maximum absolute atomic E-state index is 13.5. The highest BCUT2D eigenvalue weighted by Crippen LogP contribution is 2.26. The molecule has 148 valence electrons. The quantitative estimate of drug-likeness (QED) is 0.551. The van der Waals surface area contributed by atoms with Crippen LogP contribution in [0, 0.1) is 0 Å². The normalized spacial score (nSPS) is 21.5. The van der Waals surface area contributed by atoms with Crippen LogP contribution in [0.3, 0.4) is 0 Å². The van der Waals surface area contributed by atoms with Crippen molar-refractivity contribution in [1.29, 1.82) is 0 Å². The first-order valence-corrected chi connectivity index (χ1v) is 6.93. The third kappa shape index (κ3) is 5.81. The first-order valence-electron chi connectivity index (χ1n) is 11.1. The van der Waals surface area contributed by atoms with E-state index in [1.54, 1.807) is 0 Å². The van der Waals surface area contributed by atoms with E-state index >= 15 is 0 Å². The Morgan fingerprint density at radius 2 is 1.67 bits per heavy atom. The lowest BCUT2D eigenvalue weighted by Crippen LogP contribution is -2.35. The molecule has 13 heteroatoms. The van der Waals surface area contributed by atoms with Gasteiger partial charge in [0.25, 0.3) is 0 Å². The molecule has 0 spiro atoms. The Hall–Kier alpha value is -2.37. The largest absolute Gasteiger partial charge is 0.408 e. The van der Waals surface area contributed by atoms with E-state index < -0.39 is 78.8 Å². The van der Waals surface area contributed by atoms with Crippen LogP contribution < -0.4 is 10.6 Å². The lowest BCUT2D eigenvalue weighted by Gasteiger charge is -2.20. The topological polar surface area (TPSA) is 75.6 Å². The molecule has 0 radical (unpaired) electrons. The standard InChI is InChI=1S/C14H13ClF6N6/c1-6(13(16,17)18)22-11-25-10(8-4-3-5-9(15)24-8)26-12(27-11)23-7(2)14(19,20)21/h3-7H,1-2H3,(H2,22,23,25,26,27)/i1D3,2D3,4D,5D,6D. The van der Waals surface area contributed by atoms with Gasteiger partial charge in [0.2, 0.25) is 11.9 Å². The zero-order valence-corrected chi connectivity index (χ0v) is 13.3. The molecule has 0 saturated carbocycles. The summed E-state index contributed by atoms with van der Waals surface area (Å²) in [4.78, 5) is 13.6. The molecule has 0 saturated heterocycles. The second-order valence-corrected chi connectivity index (χ2v) is 4.97. The average molecular weight is 424 g/mol. The molecule has 2 unspecified atom stereocenters. The fourth-order valence-corrected chi connectivity index (χ4v) is 1.58. The van der Waals surface area contributed by atoms with Gasteiger partial charge in [0.05, 0.1) is 4.11 Å². The van der Waals surface area contributed by atoms with Gasteiger partial charge in [0, 0.05) is 8.22 Å². The van der Waals surface area contributed by atoms with Crippen molar-refractivity contribution in [3.05, 3.63) is 23.3 Å².